The van der Waals surface area contributed by atoms with Gasteiger partial charge < -0.3 is 14.5 Å². The Bertz CT molecular complexity index is 1140. The van der Waals surface area contributed by atoms with Crippen LogP contribution in [-0.4, -0.2) is 23.7 Å². The summed E-state index contributed by atoms with van der Waals surface area (Å²) in [6, 6.07) is 14.6. The number of nitrogens with zero attached hydrogens (tertiary/aromatic N) is 2. The van der Waals surface area contributed by atoms with Crippen molar-refractivity contribution in [1.82, 2.24) is 9.97 Å². The number of methoxy groups -OCH3 is 1. The van der Waals surface area contributed by atoms with Crippen LogP contribution in [-0.2, 0) is 0 Å². The predicted octanol–water partition coefficient (Wildman–Crippen LogP) is 4.95. The standard InChI is InChI=1S/C24H25N3O3/c1-3-4-5-8-13-30-21-12-11-17(15-22(21)29-2)14-18(16-25)23-26-20-10-7-6-9-19(20)24(28)27-23/h6-7,9-12,14-15H,3-5,8,13H2,1-2H3,(H,26,27,28)/b18-14+. The first-order chi connectivity index (χ1) is 14.7. The fourth-order valence-corrected chi connectivity index (χ4v) is 3.14. The maximum Gasteiger partial charge on any atom is 0.259 e. The molecule has 0 spiro atoms. The lowest BCUT2D eigenvalue weighted by atomic mass is 10.1. The quantitative estimate of drug-likeness (QED) is 0.403. The van der Waals surface area contributed by atoms with Gasteiger partial charge in [-0.3, -0.25) is 4.79 Å². The molecule has 0 aliphatic carbocycles. The molecule has 154 valence electrons. The highest BCUT2D eigenvalue weighted by Crippen LogP contribution is 2.30. The van der Waals surface area contributed by atoms with E-state index in [0.717, 1.165) is 18.4 Å². The Hall–Kier alpha value is -3.59. The Morgan fingerprint density at radius 1 is 1.17 bits per heavy atom. The number of unbranched alkanes of at least 4 members (excludes halogenated alkanes) is 3. The summed E-state index contributed by atoms with van der Waals surface area (Å²) >= 11 is 0. The maximum atomic E-state index is 12.3. The van der Waals surface area contributed by atoms with Crippen LogP contribution < -0.4 is 15.0 Å². The van der Waals surface area contributed by atoms with Gasteiger partial charge in [-0.1, -0.05) is 44.4 Å². The van der Waals surface area contributed by atoms with E-state index < -0.39 is 0 Å². The number of rotatable bonds is 9. The molecule has 0 atom stereocenters. The number of fused-ring (bicyclic) bond motifs is 1. The van der Waals surface area contributed by atoms with Crippen molar-refractivity contribution < 1.29 is 9.47 Å². The lowest BCUT2D eigenvalue weighted by Gasteiger charge is -2.11. The molecule has 0 unspecified atom stereocenters. The lowest BCUT2D eigenvalue weighted by Crippen LogP contribution is -2.11. The van der Waals surface area contributed by atoms with Crippen LogP contribution in [0.3, 0.4) is 0 Å². The fourth-order valence-electron chi connectivity index (χ4n) is 3.14. The van der Waals surface area contributed by atoms with Gasteiger partial charge in [0.05, 0.1) is 30.2 Å². The average molecular weight is 403 g/mol. The molecule has 0 saturated carbocycles. The van der Waals surface area contributed by atoms with Crippen LogP contribution >= 0.6 is 0 Å². The van der Waals surface area contributed by atoms with Gasteiger partial charge in [-0.2, -0.15) is 5.26 Å². The van der Waals surface area contributed by atoms with Crippen molar-refractivity contribution in [1.29, 1.82) is 5.26 Å². The largest absolute Gasteiger partial charge is 0.493 e. The second-order valence-corrected chi connectivity index (χ2v) is 6.92. The van der Waals surface area contributed by atoms with E-state index in [1.807, 2.05) is 12.1 Å². The summed E-state index contributed by atoms with van der Waals surface area (Å²) in [5.41, 5.74) is 1.27. The first kappa shape index (κ1) is 21.1. The van der Waals surface area contributed by atoms with Crippen molar-refractivity contribution >= 4 is 22.6 Å². The molecule has 0 aliphatic heterocycles. The van der Waals surface area contributed by atoms with Crippen molar-refractivity contribution in [2.75, 3.05) is 13.7 Å². The van der Waals surface area contributed by atoms with Crippen LogP contribution in [0.25, 0.3) is 22.6 Å². The third-order valence-electron chi connectivity index (χ3n) is 4.74. The molecule has 2 aromatic carbocycles. The summed E-state index contributed by atoms with van der Waals surface area (Å²) in [5.74, 6) is 1.50. The minimum Gasteiger partial charge on any atom is -0.493 e. The fraction of sp³-hybridized carbons (Fsp3) is 0.292. The van der Waals surface area contributed by atoms with Gasteiger partial charge in [0.25, 0.3) is 5.56 Å². The lowest BCUT2D eigenvalue weighted by molar-refractivity contribution is 0.285. The van der Waals surface area contributed by atoms with E-state index in [4.69, 9.17) is 9.47 Å². The van der Waals surface area contributed by atoms with Gasteiger partial charge in [-0.15, -0.1) is 0 Å². The number of para-hydroxylation sites is 1. The number of benzene rings is 2. The van der Waals surface area contributed by atoms with E-state index in [1.54, 1.807) is 43.5 Å². The van der Waals surface area contributed by atoms with Crippen LogP contribution in [0, 0.1) is 11.3 Å². The van der Waals surface area contributed by atoms with E-state index in [1.165, 1.54) is 12.8 Å². The maximum absolute atomic E-state index is 12.3. The molecule has 30 heavy (non-hydrogen) atoms. The van der Waals surface area contributed by atoms with Crippen LogP contribution in [0.5, 0.6) is 11.5 Å². The first-order valence-electron chi connectivity index (χ1n) is 10.1. The second kappa shape index (κ2) is 10.3. The van der Waals surface area contributed by atoms with Crippen molar-refractivity contribution in [2.24, 2.45) is 0 Å². The molecule has 6 heteroatoms. The van der Waals surface area contributed by atoms with E-state index in [2.05, 4.69) is 23.0 Å². The minimum absolute atomic E-state index is 0.233. The SMILES string of the molecule is CCCCCCOc1ccc(/C=C(\C#N)c2nc3ccccc3c(=O)[nH]2)cc1OC. The third kappa shape index (κ3) is 5.06. The van der Waals surface area contributed by atoms with Crippen LogP contribution in [0.1, 0.15) is 44.0 Å². The highest BCUT2D eigenvalue weighted by Gasteiger charge is 2.10. The molecule has 0 bridgehead atoms. The molecular weight excluding hydrogens is 378 g/mol. The molecule has 1 aromatic heterocycles. The number of hydrogen-bond donors (Lipinski definition) is 1. The number of ether oxygens (including phenoxy) is 2. The number of H-pyrrole nitrogens is 1. The Morgan fingerprint density at radius 2 is 2.00 bits per heavy atom. The van der Waals surface area contributed by atoms with Crippen molar-refractivity contribution in [3.8, 4) is 17.6 Å². The molecule has 3 rings (SSSR count). The van der Waals surface area contributed by atoms with Gasteiger partial charge in [-0.05, 0) is 42.3 Å². The summed E-state index contributed by atoms with van der Waals surface area (Å²) in [7, 11) is 1.58. The zero-order valence-electron chi connectivity index (χ0n) is 17.3. The second-order valence-electron chi connectivity index (χ2n) is 6.92. The zero-order valence-corrected chi connectivity index (χ0v) is 17.3. The van der Waals surface area contributed by atoms with E-state index >= 15 is 0 Å². The first-order valence-corrected chi connectivity index (χ1v) is 10.1. The minimum atomic E-state index is -0.277. The summed E-state index contributed by atoms with van der Waals surface area (Å²) in [6.45, 7) is 2.81. The molecule has 0 fully saturated rings. The molecule has 0 aliphatic rings. The van der Waals surface area contributed by atoms with Gasteiger partial charge in [0.1, 0.15) is 6.07 Å². The molecule has 0 amide bonds. The van der Waals surface area contributed by atoms with Gasteiger partial charge in [0.2, 0.25) is 0 Å². The normalized spacial score (nSPS) is 11.3. The topological polar surface area (TPSA) is 88.0 Å². The van der Waals surface area contributed by atoms with Crippen LogP contribution in [0.2, 0.25) is 0 Å². The Morgan fingerprint density at radius 3 is 2.77 bits per heavy atom. The summed E-state index contributed by atoms with van der Waals surface area (Å²) in [4.78, 5) is 19.4. The molecule has 0 saturated heterocycles. The van der Waals surface area contributed by atoms with Crippen LogP contribution in [0.4, 0.5) is 0 Å². The van der Waals surface area contributed by atoms with Crippen LogP contribution in [0.15, 0.2) is 47.3 Å². The number of aromatic nitrogens is 2. The highest BCUT2D eigenvalue weighted by atomic mass is 16.5. The van der Waals surface area contributed by atoms with Gasteiger partial charge in [-0.25, -0.2) is 4.98 Å². The monoisotopic (exact) mass is 403 g/mol. The highest BCUT2D eigenvalue weighted by molar-refractivity contribution is 5.89. The molecule has 1 heterocycles. The van der Waals surface area contributed by atoms with Crippen molar-refractivity contribution in [3.63, 3.8) is 0 Å². The number of hydrogen-bond acceptors (Lipinski definition) is 5. The van der Waals surface area contributed by atoms with Gasteiger partial charge in [0, 0.05) is 0 Å². The summed E-state index contributed by atoms with van der Waals surface area (Å²) < 4.78 is 11.3. The van der Waals surface area contributed by atoms with E-state index in [0.29, 0.717) is 29.0 Å². The average Bonchev–Trinajstić information content (AvgIpc) is 2.77. The van der Waals surface area contributed by atoms with Crippen molar-refractivity contribution in [2.45, 2.75) is 32.6 Å². The molecule has 6 nitrogen and oxygen atoms in total. The third-order valence-corrected chi connectivity index (χ3v) is 4.74. The Kier molecular flexibility index (Phi) is 7.23. The summed E-state index contributed by atoms with van der Waals surface area (Å²) in [5, 5.41) is 10.1. The molecule has 1 N–H and O–H groups in total. The van der Waals surface area contributed by atoms with E-state index in [-0.39, 0.29) is 17.0 Å². The van der Waals surface area contributed by atoms with Gasteiger partial charge >= 0.3 is 0 Å². The number of nitrogens with one attached hydrogen (secondary N) is 1. The summed E-state index contributed by atoms with van der Waals surface area (Å²) in [6.07, 6.45) is 6.19. The number of nitriles is 1. The Labute approximate surface area is 175 Å². The molecule has 3 aromatic rings. The predicted molar refractivity (Wildman–Crippen MR) is 118 cm³/mol. The number of aromatic amines is 1. The number of allylic oxidation sites excluding steroid dienone is 1. The van der Waals surface area contributed by atoms with Crippen molar-refractivity contribution in [3.05, 3.63) is 64.2 Å². The Balaban J connectivity index is 1.85. The zero-order chi connectivity index (χ0) is 21.3. The molecule has 0 radical (unpaired) electrons. The molecular formula is C24H25N3O3. The smallest absolute Gasteiger partial charge is 0.259 e. The van der Waals surface area contributed by atoms with Gasteiger partial charge in [0.15, 0.2) is 17.3 Å². The van der Waals surface area contributed by atoms with E-state index in [9.17, 15) is 10.1 Å².